The second-order valence-electron chi connectivity index (χ2n) is 3.34. The van der Waals surface area contributed by atoms with Crippen LogP contribution in [0.15, 0.2) is 0 Å². The van der Waals surface area contributed by atoms with E-state index in [0.29, 0.717) is 0 Å². The molecule has 0 heterocycles. The van der Waals surface area contributed by atoms with E-state index >= 15 is 0 Å². The van der Waals surface area contributed by atoms with Gasteiger partial charge in [0.2, 0.25) is 0 Å². The molecule has 0 fully saturated rings. The van der Waals surface area contributed by atoms with E-state index in [4.69, 9.17) is 33.8 Å². The van der Waals surface area contributed by atoms with Gasteiger partial charge >= 0.3 is 6.69 Å². The lowest BCUT2D eigenvalue weighted by atomic mass is 11.4. The molecule has 64 valence electrons. The summed E-state index contributed by atoms with van der Waals surface area (Å²) in [5, 5.41) is 0. The molecule has 0 radical (unpaired) electrons. The van der Waals surface area contributed by atoms with E-state index < -0.39 is 14.8 Å². The van der Waals surface area contributed by atoms with Gasteiger partial charge in [0.1, 0.15) is 8.07 Å². The molecule has 0 N–H and O–H groups in total. The second kappa shape index (κ2) is 4.20. The first-order valence-corrected chi connectivity index (χ1v) is 11.5. The molecule has 0 aromatic rings. The van der Waals surface area contributed by atoms with Gasteiger partial charge in [-0.05, 0) is 0 Å². The van der Waals surface area contributed by atoms with Crippen molar-refractivity contribution in [2.24, 2.45) is 0 Å². The Morgan fingerprint density at radius 2 is 1.55 bits per heavy atom. The first-order chi connectivity index (χ1) is 4.77. The van der Waals surface area contributed by atoms with Crippen molar-refractivity contribution in [3.8, 4) is 11.1 Å². The van der Waals surface area contributed by atoms with Gasteiger partial charge in [0.15, 0.2) is 0 Å². The van der Waals surface area contributed by atoms with Crippen molar-refractivity contribution in [2.75, 3.05) is 5.50 Å². The molecule has 11 heavy (non-hydrogen) atoms. The molecule has 0 bridgehead atoms. The normalized spacial score (nSPS) is 12.2. The van der Waals surface area contributed by atoms with Crippen LogP contribution in [0.1, 0.15) is 0 Å². The van der Waals surface area contributed by atoms with Crippen molar-refractivity contribution >= 4 is 48.5 Å². The van der Waals surface area contributed by atoms with E-state index in [9.17, 15) is 0 Å². The van der Waals surface area contributed by atoms with Crippen molar-refractivity contribution in [2.45, 2.75) is 19.6 Å². The molecule has 0 unspecified atom stereocenters. The average Bonchev–Trinajstić information content (AvgIpc) is 1.83. The van der Waals surface area contributed by atoms with Crippen molar-refractivity contribution < 1.29 is 0 Å². The highest BCUT2D eigenvalue weighted by Crippen LogP contribution is 2.15. The van der Waals surface area contributed by atoms with E-state index in [2.05, 4.69) is 30.7 Å². The zero-order chi connectivity index (χ0) is 9.12. The summed E-state index contributed by atoms with van der Waals surface area (Å²) < 4.78 is 0. The van der Waals surface area contributed by atoms with Crippen LogP contribution in [-0.2, 0) is 0 Å². The fourth-order valence-electron chi connectivity index (χ4n) is 0.312. The number of hydrogen-bond donors (Lipinski definition) is 0. The van der Waals surface area contributed by atoms with Gasteiger partial charge in [0.25, 0.3) is 0 Å². The van der Waals surface area contributed by atoms with Crippen LogP contribution in [0.5, 0.6) is 0 Å². The molecule has 0 atom stereocenters. The van der Waals surface area contributed by atoms with Crippen LogP contribution in [0.25, 0.3) is 0 Å². The predicted molar refractivity (Wildman–Crippen MR) is 59.3 cm³/mol. The van der Waals surface area contributed by atoms with Crippen molar-refractivity contribution in [3.63, 3.8) is 0 Å². The second-order valence-corrected chi connectivity index (χ2v) is 15.3. The topological polar surface area (TPSA) is 0 Å². The predicted octanol–water partition coefficient (Wildman–Crippen LogP) is 3.10. The Morgan fingerprint density at radius 3 is 1.82 bits per heavy atom. The van der Waals surface area contributed by atoms with Gasteiger partial charge in [-0.2, -0.15) is 0 Å². The molecule has 0 aromatic carbocycles. The minimum atomic E-state index is -2.40. The van der Waals surface area contributed by atoms with E-state index in [1.165, 1.54) is 0 Å². The Labute approximate surface area is 84.6 Å². The molecule has 0 nitrogen and oxygen atoms in total. The smallest absolute Gasteiger partial charge is 0.136 e. The van der Waals surface area contributed by atoms with Crippen LogP contribution >= 0.6 is 33.8 Å². The van der Waals surface area contributed by atoms with Gasteiger partial charge in [-0.25, -0.2) is 0 Å². The summed E-state index contributed by atoms with van der Waals surface area (Å²) in [6.07, 6.45) is 0. The molecule has 0 aliphatic carbocycles. The van der Waals surface area contributed by atoms with Gasteiger partial charge in [-0.1, -0.05) is 19.6 Å². The standard InChI is InChI=1S/C6H11Cl3Si2/c1-10(2,3)4-5-11(8,9)6-7/h6H2,1-3H3. The van der Waals surface area contributed by atoms with Crippen molar-refractivity contribution in [1.29, 1.82) is 0 Å². The molecular formula is C6H11Cl3Si2. The minimum absolute atomic E-state index is 0.285. The molecule has 0 amide bonds. The number of alkyl halides is 1. The highest BCUT2D eigenvalue weighted by atomic mass is 35.7. The summed E-state index contributed by atoms with van der Waals surface area (Å²) in [5.41, 5.74) is 6.30. The lowest BCUT2D eigenvalue weighted by molar-refractivity contribution is 1.81. The third kappa shape index (κ3) is 7.23. The minimum Gasteiger partial charge on any atom is -0.136 e. The van der Waals surface area contributed by atoms with E-state index in [0.717, 1.165) is 0 Å². The van der Waals surface area contributed by atoms with Crippen LogP contribution < -0.4 is 0 Å². The van der Waals surface area contributed by atoms with Crippen LogP contribution in [0.3, 0.4) is 0 Å². The number of hydrogen-bond acceptors (Lipinski definition) is 0. The molecule has 0 aliphatic heterocycles. The maximum Gasteiger partial charge on any atom is 0.338 e. The molecule has 0 saturated carbocycles. The molecule has 0 rings (SSSR count). The maximum atomic E-state index is 5.85. The monoisotopic (exact) mass is 244 g/mol. The van der Waals surface area contributed by atoms with E-state index in [-0.39, 0.29) is 5.50 Å². The molecule has 0 aliphatic rings. The summed E-state index contributed by atoms with van der Waals surface area (Å²) >= 11 is 17.2. The van der Waals surface area contributed by atoms with Crippen molar-refractivity contribution in [1.82, 2.24) is 0 Å². The van der Waals surface area contributed by atoms with Gasteiger partial charge < -0.3 is 0 Å². The summed E-state index contributed by atoms with van der Waals surface area (Å²) in [6.45, 7) is 4.03. The van der Waals surface area contributed by atoms with E-state index in [1.54, 1.807) is 0 Å². The Hall–Kier alpha value is 0.864. The molecular weight excluding hydrogens is 235 g/mol. The molecule has 0 spiro atoms. The lowest BCUT2D eigenvalue weighted by Crippen LogP contribution is -2.23. The van der Waals surface area contributed by atoms with Gasteiger partial charge in [-0.3, -0.25) is 0 Å². The summed E-state index contributed by atoms with van der Waals surface area (Å²) in [5.74, 6) is 0. The first kappa shape index (κ1) is 11.9. The van der Waals surface area contributed by atoms with Gasteiger partial charge in [0.05, 0.1) is 5.50 Å². The fourth-order valence-corrected chi connectivity index (χ4v) is 3.66. The lowest BCUT2D eigenvalue weighted by Gasteiger charge is -2.07. The summed E-state index contributed by atoms with van der Waals surface area (Å²) in [4.78, 5) is 0. The van der Waals surface area contributed by atoms with Crippen LogP contribution in [0.2, 0.25) is 19.6 Å². The third-order valence-electron chi connectivity index (χ3n) is 0.788. The number of halogens is 3. The Kier molecular flexibility index (Phi) is 4.53. The Morgan fingerprint density at radius 1 is 1.09 bits per heavy atom. The highest BCUT2D eigenvalue weighted by Gasteiger charge is 2.24. The first-order valence-electron chi connectivity index (χ1n) is 3.25. The largest absolute Gasteiger partial charge is 0.338 e. The zero-order valence-electron chi connectivity index (χ0n) is 6.84. The molecule has 0 saturated heterocycles. The SMILES string of the molecule is C[Si](C)(C)C#C[Si](Cl)(Cl)CCl. The quantitative estimate of drug-likeness (QED) is 0.288. The van der Waals surface area contributed by atoms with Gasteiger partial charge in [0, 0.05) is 0 Å². The summed E-state index contributed by atoms with van der Waals surface area (Å²) in [6, 6.07) is 0. The average molecular weight is 246 g/mol. The van der Waals surface area contributed by atoms with E-state index in [1.807, 2.05) is 0 Å². The zero-order valence-corrected chi connectivity index (χ0v) is 11.1. The fraction of sp³-hybridized carbons (Fsp3) is 0.667. The maximum absolute atomic E-state index is 5.85. The molecule has 0 aromatic heterocycles. The Bertz CT molecular complexity index is 184. The van der Waals surface area contributed by atoms with Gasteiger partial charge in [-0.15, -0.1) is 44.8 Å². The number of rotatable bonds is 1. The Balaban J connectivity index is 4.29. The third-order valence-corrected chi connectivity index (χ3v) is 6.13. The van der Waals surface area contributed by atoms with Crippen molar-refractivity contribution in [3.05, 3.63) is 0 Å². The summed E-state index contributed by atoms with van der Waals surface area (Å²) in [7, 11) is -1.34. The van der Waals surface area contributed by atoms with Crippen LogP contribution in [-0.4, -0.2) is 20.3 Å². The highest BCUT2D eigenvalue weighted by molar-refractivity contribution is 7.50. The van der Waals surface area contributed by atoms with Crippen LogP contribution in [0.4, 0.5) is 0 Å². The van der Waals surface area contributed by atoms with Crippen LogP contribution in [0, 0.1) is 11.1 Å². The molecule has 5 heteroatoms.